The molecule has 0 fully saturated rings. The Morgan fingerprint density at radius 3 is 2.40 bits per heavy atom. The molecule has 1 heterocycles. The zero-order valence-corrected chi connectivity index (χ0v) is 9.85. The fraction of sp³-hybridized carbons (Fsp3) is 0.222. The van der Waals surface area contributed by atoms with Gasteiger partial charge in [0.1, 0.15) is 11.4 Å². The molecule has 1 aromatic rings. The maximum Gasteiger partial charge on any atom is 0.264 e. The highest BCUT2D eigenvalue weighted by Gasteiger charge is 2.12. The summed E-state index contributed by atoms with van der Waals surface area (Å²) in [5.41, 5.74) is 0.506. The van der Waals surface area contributed by atoms with Crippen molar-refractivity contribution < 1.29 is 13.8 Å². The van der Waals surface area contributed by atoms with E-state index in [2.05, 4.69) is 9.17 Å². The lowest BCUT2D eigenvalue weighted by molar-refractivity contribution is 0.107. The molecule has 1 rings (SSSR count). The van der Waals surface area contributed by atoms with Gasteiger partial charge in [-0.1, -0.05) is 17.8 Å². The lowest BCUT2D eigenvalue weighted by Crippen LogP contribution is -2.03. The fourth-order valence-corrected chi connectivity index (χ4v) is 1.56. The summed E-state index contributed by atoms with van der Waals surface area (Å²) in [5, 5.41) is -0.472. The number of hydrogen-bond donors (Lipinski definition) is 0. The SMILES string of the molecule is COSC(=O)c1cccc(C(=O)SC)n1. The van der Waals surface area contributed by atoms with E-state index in [1.165, 1.54) is 7.11 Å². The number of rotatable bonds is 3. The van der Waals surface area contributed by atoms with E-state index < -0.39 is 0 Å². The number of carbonyl (C=O) groups is 2. The van der Waals surface area contributed by atoms with Crippen LogP contribution in [0.4, 0.5) is 0 Å². The van der Waals surface area contributed by atoms with Crippen molar-refractivity contribution in [2.75, 3.05) is 13.4 Å². The first kappa shape index (κ1) is 12.2. The predicted molar refractivity (Wildman–Crippen MR) is 61.0 cm³/mol. The number of pyridine rings is 1. The largest absolute Gasteiger partial charge is 0.311 e. The third kappa shape index (κ3) is 3.33. The van der Waals surface area contributed by atoms with Gasteiger partial charge in [0, 0.05) is 0 Å². The molecule has 80 valence electrons. The highest BCUT2D eigenvalue weighted by molar-refractivity contribution is 8.13. The van der Waals surface area contributed by atoms with Crippen LogP contribution in [-0.4, -0.2) is 28.6 Å². The van der Waals surface area contributed by atoms with E-state index >= 15 is 0 Å². The molecule has 0 bridgehead atoms. The van der Waals surface area contributed by atoms with Gasteiger partial charge in [0.15, 0.2) is 0 Å². The molecule has 0 atom stereocenters. The molecule has 0 aliphatic heterocycles. The minimum absolute atomic E-state index is 0.160. The Hall–Kier alpha value is -0.850. The van der Waals surface area contributed by atoms with Crippen molar-refractivity contribution in [3.05, 3.63) is 29.6 Å². The Kier molecular flexibility index (Phi) is 4.80. The molecule has 0 aliphatic carbocycles. The number of nitrogens with zero attached hydrogens (tertiary/aromatic N) is 1. The minimum atomic E-state index is -0.312. The topological polar surface area (TPSA) is 56.3 Å². The average Bonchev–Trinajstić information content (AvgIpc) is 2.28. The molecular weight excluding hydrogens is 234 g/mol. The lowest BCUT2D eigenvalue weighted by atomic mass is 10.3. The molecule has 0 aromatic carbocycles. The van der Waals surface area contributed by atoms with Gasteiger partial charge in [0.05, 0.1) is 19.2 Å². The lowest BCUT2D eigenvalue weighted by Gasteiger charge is -2.00. The van der Waals surface area contributed by atoms with Gasteiger partial charge < -0.3 is 4.18 Å². The molecule has 0 N–H and O–H groups in total. The molecule has 0 saturated carbocycles. The summed E-state index contributed by atoms with van der Waals surface area (Å²) in [6.45, 7) is 0. The van der Waals surface area contributed by atoms with Gasteiger partial charge in [0.25, 0.3) is 5.12 Å². The summed E-state index contributed by atoms with van der Waals surface area (Å²) in [6, 6.07) is 4.75. The van der Waals surface area contributed by atoms with Gasteiger partial charge >= 0.3 is 0 Å². The zero-order chi connectivity index (χ0) is 11.3. The van der Waals surface area contributed by atoms with Crippen LogP contribution in [0.25, 0.3) is 0 Å². The predicted octanol–water partition coefficient (Wildman–Crippen LogP) is 2.02. The Morgan fingerprint density at radius 1 is 1.27 bits per heavy atom. The van der Waals surface area contributed by atoms with E-state index in [-0.39, 0.29) is 21.6 Å². The number of aromatic nitrogens is 1. The van der Waals surface area contributed by atoms with Crippen molar-refractivity contribution in [1.82, 2.24) is 4.98 Å². The third-order valence-electron chi connectivity index (χ3n) is 1.51. The summed E-state index contributed by atoms with van der Waals surface area (Å²) in [6.07, 6.45) is 1.67. The molecule has 0 spiro atoms. The van der Waals surface area contributed by atoms with Gasteiger partial charge in [-0.15, -0.1) is 0 Å². The normalized spacial score (nSPS) is 10.0. The van der Waals surface area contributed by atoms with E-state index in [1.807, 2.05) is 0 Å². The van der Waals surface area contributed by atoms with E-state index in [9.17, 15) is 9.59 Å². The van der Waals surface area contributed by atoms with E-state index in [0.29, 0.717) is 12.0 Å². The molecular formula is C9H9NO3S2. The zero-order valence-electron chi connectivity index (χ0n) is 8.22. The van der Waals surface area contributed by atoms with Gasteiger partial charge in [-0.3, -0.25) is 9.59 Å². The number of thioether (sulfide) groups is 1. The maximum absolute atomic E-state index is 11.4. The van der Waals surface area contributed by atoms with E-state index in [1.54, 1.807) is 24.5 Å². The molecule has 4 nitrogen and oxygen atoms in total. The van der Waals surface area contributed by atoms with Crippen molar-refractivity contribution in [2.24, 2.45) is 0 Å². The molecule has 0 amide bonds. The molecule has 0 saturated heterocycles. The Labute approximate surface area is 96.0 Å². The van der Waals surface area contributed by atoms with Crippen molar-refractivity contribution in [2.45, 2.75) is 0 Å². The first-order chi connectivity index (χ1) is 7.19. The summed E-state index contributed by atoms with van der Waals surface area (Å²) in [5.74, 6) is 0. The number of hydrogen-bond acceptors (Lipinski definition) is 6. The molecule has 15 heavy (non-hydrogen) atoms. The van der Waals surface area contributed by atoms with Crippen LogP contribution in [0.5, 0.6) is 0 Å². The van der Waals surface area contributed by atoms with Crippen LogP contribution in [0.3, 0.4) is 0 Å². The first-order valence-corrected chi connectivity index (χ1v) is 5.96. The Bertz CT molecular complexity index is 381. The minimum Gasteiger partial charge on any atom is -0.311 e. The van der Waals surface area contributed by atoms with Crippen LogP contribution in [0, 0.1) is 0 Å². The third-order valence-corrected chi connectivity index (χ3v) is 2.62. The molecule has 0 aliphatic rings. The molecule has 0 radical (unpaired) electrons. The van der Waals surface area contributed by atoms with Crippen molar-refractivity contribution in [1.29, 1.82) is 0 Å². The monoisotopic (exact) mass is 243 g/mol. The van der Waals surface area contributed by atoms with Gasteiger partial charge in [-0.2, -0.15) is 0 Å². The second-order valence-corrected chi connectivity index (χ2v) is 4.09. The summed E-state index contributed by atoms with van der Waals surface area (Å²) < 4.78 is 4.62. The Balaban J connectivity index is 2.92. The highest BCUT2D eigenvalue weighted by Crippen LogP contribution is 2.13. The summed E-state index contributed by atoms with van der Waals surface area (Å²) >= 11 is 1.75. The molecule has 0 unspecified atom stereocenters. The Morgan fingerprint density at radius 2 is 1.87 bits per heavy atom. The van der Waals surface area contributed by atoms with Crippen LogP contribution < -0.4 is 0 Å². The van der Waals surface area contributed by atoms with Crippen LogP contribution in [0.1, 0.15) is 21.0 Å². The average molecular weight is 243 g/mol. The fourth-order valence-electron chi connectivity index (χ4n) is 0.885. The van der Waals surface area contributed by atoms with Gasteiger partial charge in [-0.25, -0.2) is 4.98 Å². The van der Waals surface area contributed by atoms with Crippen LogP contribution in [-0.2, 0) is 4.18 Å². The van der Waals surface area contributed by atoms with Crippen LogP contribution in [0.2, 0.25) is 0 Å². The van der Waals surface area contributed by atoms with Crippen molar-refractivity contribution in [3.8, 4) is 0 Å². The summed E-state index contributed by atoms with van der Waals surface area (Å²) in [7, 11) is 1.40. The van der Waals surface area contributed by atoms with Crippen molar-refractivity contribution >= 4 is 34.0 Å². The molecule has 6 heteroatoms. The first-order valence-electron chi connectivity index (χ1n) is 3.99. The van der Waals surface area contributed by atoms with Crippen LogP contribution in [0.15, 0.2) is 18.2 Å². The summed E-state index contributed by atoms with van der Waals surface area (Å²) in [4.78, 5) is 26.6. The highest BCUT2D eigenvalue weighted by atomic mass is 32.2. The van der Waals surface area contributed by atoms with Gasteiger partial charge in [-0.05, 0) is 18.4 Å². The molecule has 1 aromatic heterocycles. The maximum atomic E-state index is 11.4. The van der Waals surface area contributed by atoms with E-state index in [4.69, 9.17) is 0 Å². The second kappa shape index (κ2) is 5.89. The quantitative estimate of drug-likeness (QED) is 0.757. The van der Waals surface area contributed by atoms with Crippen LogP contribution >= 0.6 is 23.8 Å². The second-order valence-electron chi connectivity index (χ2n) is 2.44. The smallest absolute Gasteiger partial charge is 0.264 e. The van der Waals surface area contributed by atoms with Crippen molar-refractivity contribution in [3.63, 3.8) is 0 Å². The number of carbonyl (C=O) groups excluding carboxylic acids is 2. The standard InChI is InChI=1S/C9H9NO3S2/c1-13-15-9(12)7-5-3-4-6(10-7)8(11)14-2/h3-5H,1-2H3. The van der Waals surface area contributed by atoms with E-state index in [0.717, 1.165) is 11.8 Å². The van der Waals surface area contributed by atoms with Gasteiger partial charge in [0.2, 0.25) is 5.12 Å².